The second-order valence-corrected chi connectivity index (χ2v) is 6.59. The summed E-state index contributed by atoms with van der Waals surface area (Å²) in [6, 6.07) is 15.1. The highest BCUT2D eigenvalue weighted by molar-refractivity contribution is 7.21. The molecule has 1 aromatic heterocycles. The maximum Gasteiger partial charge on any atom is 0.135 e. The first-order chi connectivity index (χ1) is 12.0. The van der Waals surface area contributed by atoms with Gasteiger partial charge in [0.1, 0.15) is 28.5 Å². The topological polar surface area (TPSA) is 83.9 Å². The lowest BCUT2D eigenvalue weighted by molar-refractivity contribution is 0.476. The Morgan fingerprint density at radius 3 is 2.52 bits per heavy atom. The highest BCUT2D eigenvalue weighted by Crippen LogP contribution is 2.41. The van der Waals surface area contributed by atoms with Gasteiger partial charge in [-0.3, -0.25) is 0 Å². The SMILES string of the molecule is CN(C)c1ccc(-c2nc3ccccc3s2)c(O)c1C=C(C#N)C#N. The number of phenols is 1. The number of fused-ring (bicyclic) bond motifs is 1. The van der Waals surface area contributed by atoms with Gasteiger partial charge in [-0.15, -0.1) is 11.3 Å². The minimum absolute atomic E-state index is 0.00764. The molecule has 0 spiro atoms. The van der Waals surface area contributed by atoms with Crippen molar-refractivity contribution in [1.29, 1.82) is 10.5 Å². The zero-order chi connectivity index (χ0) is 18.0. The summed E-state index contributed by atoms with van der Waals surface area (Å²) < 4.78 is 1.03. The molecule has 0 radical (unpaired) electrons. The number of allylic oxidation sites excluding steroid dienone is 1. The van der Waals surface area contributed by atoms with E-state index in [4.69, 9.17) is 10.5 Å². The van der Waals surface area contributed by atoms with Crippen LogP contribution in [0.15, 0.2) is 42.0 Å². The van der Waals surface area contributed by atoms with Crippen LogP contribution in [-0.2, 0) is 0 Å². The predicted octanol–water partition coefficient (Wildman–Crippen LogP) is 4.17. The summed E-state index contributed by atoms with van der Waals surface area (Å²) >= 11 is 1.48. The standard InChI is InChI=1S/C19H14N4OS/c1-23(2)16-8-7-13(18(24)14(16)9-12(10-20)11-21)19-22-15-5-3-4-6-17(15)25-19/h3-9,24H,1-2H3. The van der Waals surface area contributed by atoms with E-state index in [0.717, 1.165) is 10.2 Å². The van der Waals surface area contributed by atoms with E-state index in [9.17, 15) is 5.11 Å². The zero-order valence-corrected chi connectivity index (χ0v) is 14.5. The Hall–Kier alpha value is -3.35. The smallest absolute Gasteiger partial charge is 0.135 e. The molecule has 0 aliphatic heterocycles. The summed E-state index contributed by atoms with van der Waals surface area (Å²) in [6.07, 6.45) is 1.40. The molecule has 1 N–H and O–H groups in total. The Morgan fingerprint density at radius 1 is 1.16 bits per heavy atom. The molecule has 0 aliphatic rings. The van der Waals surface area contributed by atoms with Gasteiger partial charge in [0, 0.05) is 25.3 Å². The van der Waals surface area contributed by atoms with Gasteiger partial charge >= 0.3 is 0 Å². The van der Waals surface area contributed by atoms with Crippen LogP contribution >= 0.6 is 11.3 Å². The predicted molar refractivity (Wildman–Crippen MR) is 100 cm³/mol. The number of aromatic hydroxyl groups is 1. The molecule has 0 unspecified atom stereocenters. The summed E-state index contributed by atoms with van der Waals surface area (Å²) in [7, 11) is 3.67. The van der Waals surface area contributed by atoms with Crippen LogP contribution in [0.1, 0.15) is 5.56 Å². The molecular weight excluding hydrogens is 332 g/mol. The molecule has 1 heterocycles. The first kappa shape index (κ1) is 16.5. The van der Waals surface area contributed by atoms with Gasteiger partial charge < -0.3 is 10.0 Å². The maximum atomic E-state index is 10.8. The van der Waals surface area contributed by atoms with Gasteiger partial charge in [0.15, 0.2) is 0 Å². The summed E-state index contributed by atoms with van der Waals surface area (Å²) in [4.78, 5) is 6.39. The van der Waals surface area contributed by atoms with Crippen molar-refractivity contribution < 1.29 is 5.11 Å². The normalized spacial score (nSPS) is 10.1. The van der Waals surface area contributed by atoms with Crippen molar-refractivity contribution in [1.82, 2.24) is 4.98 Å². The minimum Gasteiger partial charge on any atom is -0.507 e. The van der Waals surface area contributed by atoms with E-state index < -0.39 is 0 Å². The second-order valence-electron chi connectivity index (χ2n) is 5.56. The number of phenolic OH excluding ortho intramolecular Hbond substituents is 1. The number of thiazole rings is 1. The molecule has 25 heavy (non-hydrogen) atoms. The molecule has 122 valence electrons. The number of nitrogens with zero attached hydrogens (tertiary/aromatic N) is 4. The van der Waals surface area contributed by atoms with Crippen molar-refractivity contribution in [3.05, 3.63) is 47.5 Å². The van der Waals surface area contributed by atoms with Gasteiger partial charge in [0.2, 0.25) is 0 Å². The van der Waals surface area contributed by atoms with Crippen molar-refractivity contribution in [3.8, 4) is 28.5 Å². The van der Waals surface area contributed by atoms with Gasteiger partial charge in [-0.25, -0.2) is 4.98 Å². The van der Waals surface area contributed by atoms with Crippen molar-refractivity contribution in [2.45, 2.75) is 0 Å². The number of hydrogen-bond donors (Lipinski definition) is 1. The van der Waals surface area contributed by atoms with E-state index >= 15 is 0 Å². The minimum atomic E-state index is -0.0696. The van der Waals surface area contributed by atoms with Crippen LogP contribution in [0.3, 0.4) is 0 Å². The van der Waals surface area contributed by atoms with E-state index in [2.05, 4.69) is 4.98 Å². The molecule has 0 bridgehead atoms. The Bertz CT molecular complexity index is 1020. The molecule has 5 nitrogen and oxygen atoms in total. The third-order valence-corrected chi connectivity index (χ3v) is 4.80. The largest absolute Gasteiger partial charge is 0.507 e. The summed E-state index contributed by atoms with van der Waals surface area (Å²) in [5.74, 6) is 0.00764. The van der Waals surface area contributed by atoms with E-state index in [0.29, 0.717) is 21.8 Å². The lowest BCUT2D eigenvalue weighted by Gasteiger charge is -2.18. The summed E-state index contributed by atoms with van der Waals surface area (Å²) in [6.45, 7) is 0. The van der Waals surface area contributed by atoms with E-state index in [1.165, 1.54) is 17.4 Å². The van der Waals surface area contributed by atoms with Crippen LogP contribution in [-0.4, -0.2) is 24.2 Å². The quantitative estimate of drug-likeness (QED) is 0.720. The third-order valence-electron chi connectivity index (χ3n) is 3.73. The van der Waals surface area contributed by atoms with Gasteiger partial charge in [0.25, 0.3) is 0 Å². The number of rotatable bonds is 3. The van der Waals surface area contributed by atoms with Crippen LogP contribution in [0.2, 0.25) is 0 Å². The van der Waals surface area contributed by atoms with Gasteiger partial charge in [0.05, 0.1) is 15.8 Å². The highest BCUT2D eigenvalue weighted by atomic mass is 32.1. The zero-order valence-electron chi connectivity index (χ0n) is 13.7. The molecule has 3 aromatic rings. The molecule has 3 rings (SSSR count). The first-order valence-corrected chi connectivity index (χ1v) is 8.28. The van der Waals surface area contributed by atoms with Crippen LogP contribution in [0.5, 0.6) is 5.75 Å². The second kappa shape index (κ2) is 6.64. The Balaban J connectivity index is 2.24. The number of nitriles is 2. The first-order valence-electron chi connectivity index (χ1n) is 7.46. The monoisotopic (exact) mass is 346 g/mol. The average Bonchev–Trinajstić information content (AvgIpc) is 3.04. The Labute approximate surface area is 149 Å². The molecule has 0 atom stereocenters. The van der Waals surface area contributed by atoms with Crippen molar-refractivity contribution >= 4 is 33.3 Å². The van der Waals surface area contributed by atoms with Crippen LogP contribution in [0.25, 0.3) is 26.9 Å². The fraction of sp³-hybridized carbons (Fsp3) is 0.105. The lowest BCUT2D eigenvalue weighted by atomic mass is 10.0. The number of para-hydroxylation sites is 1. The van der Waals surface area contributed by atoms with Gasteiger partial charge in [-0.05, 0) is 30.3 Å². The number of benzene rings is 2. The Morgan fingerprint density at radius 2 is 1.88 bits per heavy atom. The maximum absolute atomic E-state index is 10.8. The fourth-order valence-corrected chi connectivity index (χ4v) is 3.52. The van der Waals surface area contributed by atoms with Crippen molar-refractivity contribution in [3.63, 3.8) is 0 Å². The molecule has 0 fully saturated rings. The highest BCUT2D eigenvalue weighted by Gasteiger charge is 2.17. The summed E-state index contributed by atoms with van der Waals surface area (Å²) in [5.41, 5.74) is 2.52. The number of hydrogen-bond acceptors (Lipinski definition) is 6. The Kier molecular flexibility index (Phi) is 4.38. The molecular formula is C19H14N4OS. The van der Waals surface area contributed by atoms with Gasteiger partial charge in [-0.1, -0.05) is 12.1 Å². The molecule has 0 saturated heterocycles. The lowest BCUT2D eigenvalue weighted by Crippen LogP contribution is -2.10. The van der Waals surface area contributed by atoms with Crippen LogP contribution in [0, 0.1) is 22.7 Å². The number of anilines is 1. The molecule has 0 amide bonds. The number of aromatic nitrogens is 1. The van der Waals surface area contributed by atoms with Crippen LogP contribution < -0.4 is 4.90 Å². The van der Waals surface area contributed by atoms with Crippen molar-refractivity contribution in [2.75, 3.05) is 19.0 Å². The molecule has 2 aromatic carbocycles. The summed E-state index contributed by atoms with van der Waals surface area (Å²) in [5, 5.41) is 29.6. The molecule has 0 saturated carbocycles. The third kappa shape index (κ3) is 3.03. The molecule has 6 heteroatoms. The van der Waals surface area contributed by atoms with Crippen molar-refractivity contribution in [2.24, 2.45) is 0 Å². The van der Waals surface area contributed by atoms with Crippen LogP contribution in [0.4, 0.5) is 5.69 Å². The fourth-order valence-electron chi connectivity index (χ4n) is 2.52. The van der Waals surface area contributed by atoms with E-state index in [1.807, 2.05) is 61.5 Å². The van der Waals surface area contributed by atoms with Gasteiger partial charge in [-0.2, -0.15) is 10.5 Å². The van der Waals surface area contributed by atoms with E-state index in [1.54, 1.807) is 6.07 Å². The van der Waals surface area contributed by atoms with E-state index in [-0.39, 0.29) is 11.3 Å². The average molecular weight is 346 g/mol. The molecule has 0 aliphatic carbocycles.